The van der Waals surface area contributed by atoms with Gasteiger partial charge in [0.1, 0.15) is 59.0 Å². The zero-order chi connectivity index (χ0) is 93.4. The highest BCUT2D eigenvalue weighted by Crippen LogP contribution is 2.39. The predicted molar refractivity (Wildman–Crippen MR) is 481 cm³/mol. The Morgan fingerprint density at radius 3 is 1.96 bits per heavy atom. The Bertz CT molecular complexity index is 4520. The van der Waals surface area contributed by atoms with Crippen molar-refractivity contribution in [2.45, 2.75) is 171 Å². The lowest BCUT2D eigenvalue weighted by Crippen LogP contribution is -2.66. The number of nitrogens with zero attached hydrogens (tertiary/aromatic N) is 9. The molecule has 37 nitrogen and oxygen atoms in total. The van der Waals surface area contributed by atoms with Crippen molar-refractivity contribution < 1.29 is 110 Å². The van der Waals surface area contributed by atoms with E-state index in [1.807, 2.05) is 104 Å². The number of halogens is 2. The smallest absolute Gasteiger partial charge is 0.247 e. The minimum atomic E-state index is -1.36. The summed E-state index contributed by atoms with van der Waals surface area (Å²) in [6.45, 7) is 6.79. The molecule has 720 valence electrons. The molecule has 1 saturated carbocycles. The number of carbonyl (C=O) groups is 8. The second kappa shape index (κ2) is 54.8. The van der Waals surface area contributed by atoms with E-state index in [0.717, 1.165) is 41.1 Å². The number of hydrogen-bond acceptors (Lipinski definition) is 27. The lowest BCUT2D eigenvalue weighted by atomic mass is 9.87. The van der Waals surface area contributed by atoms with Gasteiger partial charge in [-0.2, -0.15) is 0 Å². The average molecular weight is 1870 g/mol. The second-order valence-electron chi connectivity index (χ2n) is 33.2. The van der Waals surface area contributed by atoms with Crippen molar-refractivity contribution in [1.82, 2.24) is 70.7 Å². The van der Waals surface area contributed by atoms with Crippen LogP contribution in [0, 0.1) is 5.92 Å². The van der Waals surface area contributed by atoms with Crippen LogP contribution in [0.15, 0.2) is 109 Å². The molecule has 11 atom stereocenters. The van der Waals surface area contributed by atoms with E-state index in [1.165, 1.54) is 23.8 Å². The molecule has 4 aliphatic rings. The van der Waals surface area contributed by atoms with Crippen LogP contribution in [0.5, 0.6) is 11.5 Å². The maximum absolute atomic E-state index is 16.1. The lowest BCUT2D eigenvalue weighted by molar-refractivity contribution is -0.238. The van der Waals surface area contributed by atoms with Gasteiger partial charge in [-0.15, -0.1) is 5.10 Å². The summed E-state index contributed by atoms with van der Waals surface area (Å²) in [4.78, 5) is 126. The molecule has 2 bridgehead atoms. The number of methoxy groups -OCH3 is 1. The highest BCUT2D eigenvalue weighted by molar-refractivity contribution is 6.31. The van der Waals surface area contributed by atoms with Crippen molar-refractivity contribution in [3.8, 4) is 22.8 Å². The second-order valence-corrected chi connectivity index (χ2v) is 34.1. The van der Waals surface area contributed by atoms with Crippen molar-refractivity contribution in [1.29, 1.82) is 0 Å². The van der Waals surface area contributed by atoms with E-state index >= 15 is 19.2 Å². The highest BCUT2D eigenvalue weighted by Gasteiger charge is 2.60. The first-order valence-electron chi connectivity index (χ1n) is 44.8. The Morgan fingerprint density at radius 1 is 0.679 bits per heavy atom. The third-order valence-corrected chi connectivity index (χ3v) is 23.5. The molecular weight excluding hydrogens is 1740 g/mol. The Hall–Kier alpha value is -9.23. The Balaban J connectivity index is 0.651. The number of aliphatic hydroxyl groups excluding tert-OH is 2. The molecule has 0 radical (unpaired) electrons. The van der Waals surface area contributed by atoms with Gasteiger partial charge in [-0.05, 0) is 112 Å². The summed E-state index contributed by atoms with van der Waals surface area (Å²) in [6.07, 6.45) is 3.02. The maximum Gasteiger partial charge on any atom is 0.247 e. The number of benzene rings is 4. The van der Waals surface area contributed by atoms with Crippen LogP contribution in [-0.4, -0.2) is 336 Å². The maximum atomic E-state index is 16.1. The first-order chi connectivity index (χ1) is 63.3. The molecule has 1 aliphatic carbocycles. The van der Waals surface area contributed by atoms with E-state index in [0.29, 0.717) is 92.6 Å². The van der Waals surface area contributed by atoms with E-state index in [2.05, 4.69) is 41.9 Å². The molecule has 4 aromatic carbocycles. The zero-order valence-corrected chi connectivity index (χ0v) is 77.6. The summed E-state index contributed by atoms with van der Waals surface area (Å²) in [5.74, 6) is -2.74. The van der Waals surface area contributed by atoms with Crippen LogP contribution in [0.2, 0.25) is 10.0 Å². The Labute approximate surface area is 775 Å². The summed E-state index contributed by atoms with van der Waals surface area (Å²) in [6, 6.07) is 23.8. The van der Waals surface area contributed by atoms with E-state index in [1.54, 1.807) is 60.2 Å². The molecule has 3 saturated heterocycles. The summed E-state index contributed by atoms with van der Waals surface area (Å²) in [5.41, 5.74) is 3.23. The molecule has 5 heterocycles. The fourth-order valence-corrected chi connectivity index (χ4v) is 16.3. The monoisotopic (exact) mass is 1870 g/mol. The fourth-order valence-electron chi connectivity index (χ4n) is 16.0. The molecule has 3 aliphatic heterocycles. The topological polar surface area (TPSA) is 419 Å². The minimum absolute atomic E-state index is 0.00251. The minimum Gasteiger partial charge on any atom is -0.457 e. The van der Waals surface area contributed by atoms with Crippen LogP contribution in [0.4, 0.5) is 0 Å². The van der Waals surface area contributed by atoms with Crippen LogP contribution >= 0.6 is 23.2 Å². The number of nitrogens with one attached hydrogen (secondary N) is 5. The molecule has 39 heteroatoms. The molecule has 2 aromatic heterocycles. The number of aromatic nitrogens is 5. The molecule has 7 N–H and O–H groups in total. The molecule has 8 amide bonds. The van der Waals surface area contributed by atoms with Gasteiger partial charge in [0.2, 0.25) is 47.3 Å². The van der Waals surface area contributed by atoms with Gasteiger partial charge in [0.15, 0.2) is 6.29 Å². The molecule has 10 rings (SSSR count). The normalized spacial score (nSPS) is 21.8. The van der Waals surface area contributed by atoms with E-state index in [4.69, 9.17) is 84.8 Å². The molecule has 131 heavy (non-hydrogen) atoms. The number of rotatable bonds is 52. The zero-order valence-electron chi connectivity index (χ0n) is 76.1. The van der Waals surface area contributed by atoms with Crippen molar-refractivity contribution in [3.05, 3.63) is 148 Å². The van der Waals surface area contributed by atoms with Crippen LogP contribution in [0.25, 0.3) is 11.3 Å². The van der Waals surface area contributed by atoms with Crippen LogP contribution < -0.4 is 31.3 Å². The number of carbonyl (C=O) groups excluding carboxylic acids is 8. The summed E-state index contributed by atoms with van der Waals surface area (Å²) in [7, 11) is 10.6. The van der Waals surface area contributed by atoms with Gasteiger partial charge in [-0.3, -0.25) is 38.4 Å². The van der Waals surface area contributed by atoms with E-state index < -0.39 is 84.0 Å². The van der Waals surface area contributed by atoms with Crippen LogP contribution in [0.3, 0.4) is 0 Å². The van der Waals surface area contributed by atoms with Crippen molar-refractivity contribution in [3.63, 3.8) is 0 Å². The number of aliphatic hydroxyl groups is 2. The van der Waals surface area contributed by atoms with Gasteiger partial charge < -0.3 is 123 Å². The molecular formula is C92H130Cl2N14O23. The first kappa shape index (κ1) is 104. The summed E-state index contributed by atoms with van der Waals surface area (Å²) >= 11 is 13.2. The molecule has 1 unspecified atom stereocenters. The SMILES string of the molecule is COC[C@@H]1NC(=O)[C@H](CCCNC(=O)CCOCCOCCOCCOCCC(=O)NCCOCc2cn(CCOCCOCCOCCOC[C@@]34COC(O3)[C@H](NC(C)=O)[C@@H](O)[C@H]4O)nn2)N(Cc2ccc(Cl)cc2Oc2ccc(-c3cnc(CN(C)C)n3C)cc2)C(=O)C[C@@H](Cc2ccccc2)C(=O)N(C)[C@H]2CCCC[C@@H]2NC(=O)C[C@H](Cc2ccc(Cl)cc2)N(C)C1=O. The number of fused-ring (bicyclic) bond motifs is 3. The fraction of sp³-hybridized carbons (Fsp3) is 0.598. The highest BCUT2D eigenvalue weighted by atomic mass is 35.5. The molecule has 4 fully saturated rings. The summed E-state index contributed by atoms with van der Waals surface area (Å²) in [5, 5.41) is 44.8. The summed E-state index contributed by atoms with van der Waals surface area (Å²) < 4.78 is 78.2. The van der Waals surface area contributed by atoms with E-state index in [-0.39, 0.29) is 199 Å². The quantitative estimate of drug-likeness (QED) is 0.0253. The Kier molecular flexibility index (Phi) is 43.5. The van der Waals surface area contributed by atoms with Crippen molar-refractivity contribution in [2.75, 3.05) is 174 Å². The first-order valence-corrected chi connectivity index (χ1v) is 45.6. The molecule has 0 spiro atoms. The van der Waals surface area contributed by atoms with Gasteiger partial charge in [-0.1, -0.05) is 89.8 Å². The average Bonchev–Trinajstić information content (AvgIpc) is 1.60. The third kappa shape index (κ3) is 33.4. The van der Waals surface area contributed by atoms with Gasteiger partial charge in [0, 0.05) is 107 Å². The standard InChI is InChI=1S/C92H130Cl2N14O23/c1-63(109)98-85-86(114)87(115)92(62-129-91(85)131-92)61-128-49-48-126-47-46-125-43-40-122-37-33-107-57-71(101-102-107)59-127-36-32-96-82(111)30-35-121-39-42-124-45-44-123-41-38-120-34-29-81(110)95-31-13-18-77-88(116)100-75(60-119-7)90(118)104(4)72(51-65-19-24-69(93)25-20-65)54-83(112)99-74-16-11-12-17-76(74)106(6)89(117)68(50-64-14-9-8-10-15-64)52-84(113)108(77)56-67-21-26-70(94)53-79(67)130-73-27-22-66(23-28-73)78-55-97-80(105(78)5)58-103(2)3/h8-10,14-15,19-28,53,55,57,68,72,74-77,85-87,91,114-115H,11-13,16-18,29-52,54,56,58-62H2,1-7H3,(H,95,110)(H,96,111)(H,98,109)(H,99,112)(H,100,116)/t68-,72+,74+,75+,76+,77+,85-,86-,87-,91?,92+/m1/s1. The largest absolute Gasteiger partial charge is 0.457 e. The van der Waals surface area contributed by atoms with Gasteiger partial charge >= 0.3 is 0 Å². The van der Waals surface area contributed by atoms with Gasteiger partial charge in [0.25, 0.3) is 0 Å². The third-order valence-electron chi connectivity index (χ3n) is 23.1. The molecule has 6 aromatic rings. The van der Waals surface area contributed by atoms with Crippen LogP contribution in [-0.2, 0) is 141 Å². The van der Waals surface area contributed by atoms with Gasteiger partial charge in [-0.25, -0.2) is 9.67 Å². The number of imidazole rings is 1. The van der Waals surface area contributed by atoms with Gasteiger partial charge in [0.05, 0.1) is 182 Å². The number of hydrogen-bond donors (Lipinski definition) is 7. The number of likely N-dealkylation sites (N-methyl/N-ethyl adjacent to an activating group) is 2. The predicted octanol–water partition coefficient (Wildman–Crippen LogP) is 4.77. The van der Waals surface area contributed by atoms with Crippen molar-refractivity contribution >= 4 is 70.5 Å². The Morgan fingerprint density at radius 2 is 1.31 bits per heavy atom. The lowest BCUT2D eigenvalue weighted by Gasteiger charge is -2.42. The number of ether oxygens (including phenoxy) is 13. The van der Waals surface area contributed by atoms with E-state index in [9.17, 15) is 29.4 Å². The van der Waals surface area contributed by atoms with Crippen molar-refractivity contribution in [2.24, 2.45) is 13.0 Å². The number of amides is 8. The van der Waals surface area contributed by atoms with Crippen LogP contribution in [0.1, 0.15) is 99.3 Å².